The Morgan fingerprint density at radius 3 is 2.62 bits per heavy atom. The van der Waals surface area contributed by atoms with Crippen LogP contribution in [-0.4, -0.2) is 5.78 Å². The van der Waals surface area contributed by atoms with E-state index in [1.54, 1.807) is 6.08 Å². The summed E-state index contributed by atoms with van der Waals surface area (Å²) in [5, 5.41) is 0. The van der Waals surface area contributed by atoms with Crippen molar-refractivity contribution in [2.75, 3.05) is 0 Å². The summed E-state index contributed by atoms with van der Waals surface area (Å²) in [6.45, 7) is 10.8. The summed E-state index contributed by atoms with van der Waals surface area (Å²) in [6.07, 6.45) is 6.82. The topological polar surface area (TPSA) is 17.1 Å². The lowest BCUT2D eigenvalue weighted by Gasteiger charge is -2.36. The second kappa shape index (κ2) is 4.99. The minimum atomic E-state index is 0.0386. The van der Waals surface area contributed by atoms with Crippen LogP contribution in [0.5, 0.6) is 0 Å². The van der Waals surface area contributed by atoms with Gasteiger partial charge in [-0.2, -0.15) is 0 Å². The Morgan fingerprint density at radius 2 is 2.12 bits per heavy atom. The quantitative estimate of drug-likeness (QED) is 0.648. The van der Waals surface area contributed by atoms with E-state index in [4.69, 9.17) is 0 Å². The first kappa shape index (κ1) is 13.2. The van der Waals surface area contributed by atoms with Crippen LogP contribution in [0, 0.1) is 11.3 Å². The Kier molecular flexibility index (Phi) is 4.12. The molecule has 1 atom stereocenters. The summed E-state index contributed by atoms with van der Waals surface area (Å²) >= 11 is 0. The van der Waals surface area contributed by atoms with Crippen molar-refractivity contribution in [3.05, 3.63) is 23.3 Å². The number of carbonyl (C=O) groups excluding carboxylic acids is 1. The molecule has 0 saturated heterocycles. The van der Waals surface area contributed by atoms with Gasteiger partial charge in [0.2, 0.25) is 0 Å². The molecule has 0 aromatic rings. The van der Waals surface area contributed by atoms with Crippen molar-refractivity contribution in [3.63, 3.8) is 0 Å². The van der Waals surface area contributed by atoms with Gasteiger partial charge in [-0.3, -0.25) is 4.79 Å². The van der Waals surface area contributed by atoms with Gasteiger partial charge in [0.05, 0.1) is 0 Å². The average molecular weight is 220 g/mol. The van der Waals surface area contributed by atoms with Crippen molar-refractivity contribution in [2.45, 2.75) is 53.9 Å². The van der Waals surface area contributed by atoms with Gasteiger partial charge in [-0.05, 0) is 43.6 Å². The van der Waals surface area contributed by atoms with Gasteiger partial charge in [-0.25, -0.2) is 0 Å². The fourth-order valence-electron chi connectivity index (χ4n) is 3.10. The number of carbonyl (C=O) groups is 1. The standard InChI is InChI=1S/C15H24O/c1-6-7-8-13(16)14-12(3)9-11(2)10-15(14,4)5/h7-8,11H,6,9-10H2,1-5H3/b8-7+/t11-/m0/s1. The van der Waals surface area contributed by atoms with Gasteiger partial charge in [0, 0.05) is 5.57 Å². The second-order valence-corrected chi connectivity index (χ2v) is 5.73. The van der Waals surface area contributed by atoms with Gasteiger partial charge in [0.1, 0.15) is 0 Å². The monoisotopic (exact) mass is 220 g/mol. The van der Waals surface area contributed by atoms with Crippen molar-refractivity contribution in [3.8, 4) is 0 Å². The van der Waals surface area contributed by atoms with E-state index in [-0.39, 0.29) is 11.2 Å². The van der Waals surface area contributed by atoms with E-state index in [0.29, 0.717) is 5.92 Å². The van der Waals surface area contributed by atoms with Crippen LogP contribution in [0.4, 0.5) is 0 Å². The summed E-state index contributed by atoms with van der Waals surface area (Å²) < 4.78 is 0. The molecule has 0 spiro atoms. The first-order valence-electron chi connectivity index (χ1n) is 6.29. The maximum atomic E-state index is 12.1. The van der Waals surface area contributed by atoms with E-state index >= 15 is 0 Å². The molecule has 1 aliphatic carbocycles. The summed E-state index contributed by atoms with van der Waals surface area (Å²) in [5.74, 6) is 0.915. The first-order chi connectivity index (χ1) is 7.38. The fraction of sp³-hybridized carbons (Fsp3) is 0.667. The van der Waals surface area contributed by atoms with Crippen LogP contribution in [0.25, 0.3) is 0 Å². The Bertz CT molecular complexity index is 331. The highest BCUT2D eigenvalue weighted by Crippen LogP contribution is 2.43. The second-order valence-electron chi connectivity index (χ2n) is 5.73. The van der Waals surface area contributed by atoms with Crippen LogP contribution in [0.1, 0.15) is 53.9 Å². The predicted octanol–water partition coefficient (Wildman–Crippen LogP) is 4.29. The zero-order valence-corrected chi connectivity index (χ0v) is 11.3. The molecule has 0 heterocycles. The lowest BCUT2D eigenvalue weighted by atomic mass is 9.67. The Labute approximate surface area is 99.6 Å². The third-order valence-electron chi connectivity index (χ3n) is 3.37. The molecule has 16 heavy (non-hydrogen) atoms. The van der Waals surface area contributed by atoms with Crippen molar-refractivity contribution in [1.29, 1.82) is 0 Å². The normalized spacial score (nSPS) is 25.2. The molecule has 0 unspecified atom stereocenters. The van der Waals surface area contributed by atoms with Gasteiger partial charge in [0.25, 0.3) is 0 Å². The number of rotatable bonds is 3. The van der Waals surface area contributed by atoms with Crippen LogP contribution >= 0.6 is 0 Å². The Hall–Kier alpha value is -0.850. The largest absolute Gasteiger partial charge is 0.290 e. The fourth-order valence-corrected chi connectivity index (χ4v) is 3.10. The molecule has 0 saturated carbocycles. The molecule has 0 radical (unpaired) electrons. The molecule has 0 aromatic carbocycles. The van der Waals surface area contributed by atoms with Crippen molar-refractivity contribution >= 4 is 5.78 Å². The average Bonchev–Trinajstić information content (AvgIpc) is 2.11. The molecule has 0 amide bonds. The van der Waals surface area contributed by atoms with Gasteiger partial charge < -0.3 is 0 Å². The zero-order chi connectivity index (χ0) is 12.3. The van der Waals surface area contributed by atoms with Crippen molar-refractivity contribution < 1.29 is 4.79 Å². The van der Waals surface area contributed by atoms with Gasteiger partial charge in [-0.1, -0.05) is 39.3 Å². The number of hydrogen-bond donors (Lipinski definition) is 0. The van der Waals surface area contributed by atoms with Crippen molar-refractivity contribution in [1.82, 2.24) is 0 Å². The number of allylic oxidation sites excluding steroid dienone is 4. The van der Waals surface area contributed by atoms with Crippen molar-refractivity contribution in [2.24, 2.45) is 11.3 Å². The maximum Gasteiger partial charge on any atom is 0.181 e. The van der Waals surface area contributed by atoms with E-state index < -0.39 is 0 Å². The highest BCUT2D eigenvalue weighted by molar-refractivity contribution is 6.05. The lowest BCUT2D eigenvalue weighted by molar-refractivity contribution is -0.112. The summed E-state index contributed by atoms with van der Waals surface area (Å²) in [7, 11) is 0. The van der Waals surface area contributed by atoms with E-state index in [1.807, 2.05) is 6.08 Å². The molecule has 0 N–H and O–H groups in total. The molecular weight excluding hydrogens is 196 g/mol. The smallest absolute Gasteiger partial charge is 0.181 e. The summed E-state index contributed by atoms with van der Waals surface area (Å²) in [5.41, 5.74) is 2.38. The van der Waals surface area contributed by atoms with Gasteiger partial charge in [-0.15, -0.1) is 0 Å². The molecule has 1 aliphatic rings. The van der Waals surface area contributed by atoms with E-state index in [9.17, 15) is 4.79 Å². The maximum absolute atomic E-state index is 12.1. The summed E-state index contributed by atoms with van der Waals surface area (Å²) in [4.78, 5) is 12.1. The SMILES string of the molecule is CC/C=C/C(=O)C1=C(C)C[C@H](C)CC1(C)C. The van der Waals surface area contributed by atoms with E-state index in [0.717, 1.165) is 24.8 Å². The Morgan fingerprint density at radius 1 is 1.50 bits per heavy atom. The highest BCUT2D eigenvalue weighted by atomic mass is 16.1. The number of hydrogen-bond acceptors (Lipinski definition) is 1. The van der Waals surface area contributed by atoms with Crippen LogP contribution < -0.4 is 0 Å². The lowest BCUT2D eigenvalue weighted by Crippen LogP contribution is -2.28. The molecule has 0 fully saturated rings. The third-order valence-corrected chi connectivity index (χ3v) is 3.37. The molecule has 1 rings (SSSR count). The molecule has 0 aromatic heterocycles. The molecular formula is C15H24O. The van der Waals surface area contributed by atoms with E-state index in [2.05, 4.69) is 34.6 Å². The van der Waals surface area contributed by atoms with Crippen LogP contribution in [-0.2, 0) is 4.79 Å². The summed E-state index contributed by atoms with van der Waals surface area (Å²) in [6, 6.07) is 0. The highest BCUT2D eigenvalue weighted by Gasteiger charge is 2.34. The molecule has 0 aliphatic heterocycles. The van der Waals surface area contributed by atoms with Gasteiger partial charge >= 0.3 is 0 Å². The minimum absolute atomic E-state index is 0.0386. The van der Waals surface area contributed by atoms with Gasteiger partial charge in [0.15, 0.2) is 5.78 Å². The molecule has 0 bridgehead atoms. The third kappa shape index (κ3) is 2.84. The Balaban J connectivity index is 3.03. The van der Waals surface area contributed by atoms with Crippen LogP contribution in [0.2, 0.25) is 0 Å². The molecule has 1 nitrogen and oxygen atoms in total. The van der Waals surface area contributed by atoms with E-state index in [1.165, 1.54) is 5.57 Å². The molecule has 90 valence electrons. The predicted molar refractivity (Wildman–Crippen MR) is 69.3 cm³/mol. The number of ketones is 1. The van der Waals surface area contributed by atoms with Crippen LogP contribution in [0.3, 0.4) is 0 Å². The minimum Gasteiger partial charge on any atom is -0.290 e. The zero-order valence-electron chi connectivity index (χ0n) is 11.3. The van der Waals surface area contributed by atoms with Crippen LogP contribution in [0.15, 0.2) is 23.3 Å². The first-order valence-corrected chi connectivity index (χ1v) is 6.29. The molecule has 1 heteroatoms.